The molecule has 2 aromatic carbocycles. The molecule has 0 heterocycles. The Kier molecular flexibility index (Phi) is 4.84. The second-order valence-electron chi connectivity index (χ2n) is 5.24. The standard InChI is InChI=1S/C17H15N3O4/c1-20(9-15(23)12-6-7-13(21)14(22)8-12)17(24)11-4-2-10(3-5-11)16(18)19/h2-8H,9H2,1H3,(H3,18,19). The average Bonchev–Trinajstić information content (AvgIpc) is 2.56. The maximum Gasteiger partial charge on any atom is 0.254 e. The van der Waals surface area contributed by atoms with Gasteiger partial charge in [0, 0.05) is 29.8 Å². The number of likely N-dealkylation sites (N-methyl/N-ethyl adjacent to an activating group) is 1. The van der Waals surface area contributed by atoms with Crippen LogP contribution in [0.1, 0.15) is 26.3 Å². The van der Waals surface area contributed by atoms with Gasteiger partial charge in [0.25, 0.3) is 5.91 Å². The number of benzene rings is 2. The number of carbonyl (C=O) groups is 2. The van der Waals surface area contributed by atoms with Crippen LogP contribution in [0.25, 0.3) is 0 Å². The molecule has 0 fully saturated rings. The van der Waals surface area contributed by atoms with E-state index in [9.17, 15) is 19.8 Å². The first-order chi connectivity index (χ1) is 11.3. The number of ketones is 1. The van der Waals surface area contributed by atoms with Crippen molar-refractivity contribution in [1.82, 2.24) is 4.90 Å². The first-order valence-electron chi connectivity index (χ1n) is 7.01. The molecule has 0 aliphatic carbocycles. The number of nitrogens with one attached hydrogen (secondary N) is 1. The van der Waals surface area contributed by atoms with Gasteiger partial charge in [-0.25, -0.2) is 0 Å². The van der Waals surface area contributed by atoms with Crippen LogP contribution in [0.5, 0.6) is 11.5 Å². The number of amides is 1. The summed E-state index contributed by atoms with van der Waals surface area (Å²) in [5, 5.41) is 29.7. The van der Waals surface area contributed by atoms with Crippen molar-refractivity contribution in [2.45, 2.75) is 0 Å². The van der Waals surface area contributed by atoms with Crippen LogP contribution in [0.3, 0.4) is 0 Å². The smallest absolute Gasteiger partial charge is 0.254 e. The summed E-state index contributed by atoms with van der Waals surface area (Å²) in [5.41, 5.74) is 6.27. The molecule has 2 rings (SSSR count). The van der Waals surface area contributed by atoms with E-state index in [4.69, 9.17) is 11.1 Å². The van der Waals surface area contributed by atoms with Crippen LogP contribution < -0.4 is 5.73 Å². The van der Waals surface area contributed by atoms with Crippen LogP contribution in [-0.4, -0.2) is 36.0 Å². The molecule has 0 saturated carbocycles. The highest BCUT2D eigenvalue weighted by molar-refractivity contribution is 6.03. The fraction of sp³-hybridized carbons (Fsp3) is 0.118. The predicted molar refractivity (Wildman–Crippen MR) is 85.5 cm³/mol. The Hall–Kier alpha value is -3.35. The number of nitrogens with two attached hydrogens (primary N) is 1. The number of hydrogen-bond donors (Lipinski definition) is 2. The summed E-state index contributed by atoms with van der Waals surface area (Å²) in [6.07, 6.45) is 0. The van der Waals surface area contributed by atoms with E-state index in [1.165, 1.54) is 30.1 Å². The van der Waals surface area contributed by atoms with E-state index in [1.54, 1.807) is 12.1 Å². The molecule has 7 nitrogen and oxygen atoms in total. The molecule has 24 heavy (non-hydrogen) atoms. The van der Waals surface area contributed by atoms with Gasteiger partial charge < -0.3 is 10.6 Å². The first-order valence-corrected chi connectivity index (χ1v) is 7.01. The van der Waals surface area contributed by atoms with Gasteiger partial charge in [0.05, 0.1) is 6.54 Å². The maximum absolute atomic E-state index is 12.3. The number of nitrogen functional groups attached to an aromatic ring is 1. The van der Waals surface area contributed by atoms with E-state index in [-0.39, 0.29) is 23.9 Å². The van der Waals surface area contributed by atoms with Crippen molar-refractivity contribution in [2.24, 2.45) is 5.73 Å². The van der Waals surface area contributed by atoms with Gasteiger partial charge in [0.2, 0.25) is 11.5 Å². The predicted octanol–water partition coefficient (Wildman–Crippen LogP) is 2.21. The lowest BCUT2D eigenvalue weighted by Gasteiger charge is -2.16. The lowest BCUT2D eigenvalue weighted by atomic mass is 10.1. The van der Waals surface area contributed by atoms with Crippen LogP contribution in [0.15, 0.2) is 42.5 Å². The molecular formula is C17H15N3O4. The van der Waals surface area contributed by atoms with Gasteiger partial charge in [-0.15, -0.1) is 0 Å². The Bertz CT molecular complexity index is 800. The van der Waals surface area contributed by atoms with Gasteiger partial charge in [0.1, 0.15) is 5.84 Å². The highest BCUT2D eigenvalue weighted by Crippen LogP contribution is 2.26. The van der Waals surface area contributed by atoms with Crippen molar-refractivity contribution in [3.05, 3.63) is 59.2 Å². The molecule has 0 bridgehead atoms. The molecular weight excluding hydrogens is 310 g/mol. The number of hydrogen-bond acceptors (Lipinski definition) is 3. The van der Waals surface area contributed by atoms with Gasteiger partial charge >= 0.3 is 0 Å². The molecule has 0 aliphatic rings. The van der Waals surface area contributed by atoms with Crippen molar-refractivity contribution in [3.63, 3.8) is 0 Å². The van der Waals surface area contributed by atoms with Crippen molar-refractivity contribution in [3.8, 4) is 11.5 Å². The quantitative estimate of drug-likeness (QED) is 0.497. The molecule has 0 atom stereocenters. The van der Waals surface area contributed by atoms with E-state index >= 15 is 0 Å². The normalized spacial score (nSPS) is 10.2. The van der Waals surface area contributed by atoms with E-state index < -0.39 is 17.3 Å². The monoisotopic (exact) mass is 325 g/mol. The minimum atomic E-state index is -0.755. The topological polar surface area (TPSA) is 127 Å². The van der Waals surface area contributed by atoms with Gasteiger partial charge in [-0.1, -0.05) is 12.1 Å². The van der Waals surface area contributed by atoms with Crippen LogP contribution in [0.2, 0.25) is 0 Å². The van der Waals surface area contributed by atoms with Crippen molar-refractivity contribution < 1.29 is 19.8 Å². The maximum atomic E-state index is 12.3. The van der Waals surface area contributed by atoms with E-state index in [2.05, 4.69) is 0 Å². The summed E-state index contributed by atoms with van der Waals surface area (Å²) in [5.74, 6) is -2.37. The third-order valence-corrected chi connectivity index (χ3v) is 3.44. The second kappa shape index (κ2) is 6.82. The van der Waals surface area contributed by atoms with Crippen LogP contribution >= 0.6 is 0 Å². The van der Waals surface area contributed by atoms with Crippen LogP contribution in [-0.2, 0) is 10.2 Å². The summed E-state index contributed by atoms with van der Waals surface area (Å²) < 4.78 is 0. The molecule has 0 spiro atoms. The molecule has 0 unspecified atom stereocenters. The summed E-state index contributed by atoms with van der Waals surface area (Å²) in [4.78, 5) is 25.6. The molecule has 2 radical (unpaired) electrons. The molecule has 122 valence electrons. The summed E-state index contributed by atoms with van der Waals surface area (Å²) >= 11 is 0. The van der Waals surface area contributed by atoms with Crippen molar-refractivity contribution >= 4 is 17.5 Å². The highest BCUT2D eigenvalue weighted by atomic mass is 16.3. The molecule has 7 heteroatoms. The number of carbonyl (C=O) groups excluding carboxylic acids is 2. The number of amidine groups is 1. The second-order valence-corrected chi connectivity index (χ2v) is 5.24. The van der Waals surface area contributed by atoms with E-state index in [1.807, 2.05) is 0 Å². The van der Waals surface area contributed by atoms with Gasteiger partial charge in [-0.3, -0.25) is 25.2 Å². The SMILES string of the molecule is CN(CC(=O)c1ccc([O])c([O])c1)C(=O)c1ccc(C(=N)N)cc1. The first kappa shape index (κ1) is 17.0. The number of Topliss-reactive ketones (excluding diaryl/α,β-unsaturated/α-hetero) is 1. The summed E-state index contributed by atoms with van der Waals surface area (Å²) in [7, 11) is 1.46. The molecule has 0 aliphatic heterocycles. The zero-order valence-corrected chi connectivity index (χ0v) is 12.9. The van der Waals surface area contributed by atoms with Crippen molar-refractivity contribution in [2.75, 3.05) is 13.6 Å². The minimum absolute atomic E-state index is 0.0891. The zero-order valence-electron chi connectivity index (χ0n) is 12.9. The fourth-order valence-electron chi connectivity index (χ4n) is 2.07. The minimum Gasteiger partial charge on any atom is -0.384 e. The molecule has 0 saturated heterocycles. The van der Waals surface area contributed by atoms with Gasteiger partial charge in [-0.2, -0.15) is 0 Å². The van der Waals surface area contributed by atoms with Crippen molar-refractivity contribution in [1.29, 1.82) is 5.41 Å². The summed E-state index contributed by atoms with van der Waals surface area (Å²) in [6.45, 7) is -0.231. The lowest BCUT2D eigenvalue weighted by Crippen LogP contribution is -2.32. The van der Waals surface area contributed by atoms with Crippen LogP contribution in [0, 0.1) is 5.41 Å². The highest BCUT2D eigenvalue weighted by Gasteiger charge is 2.17. The molecule has 1 amide bonds. The lowest BCUT2D eigenvalue weighted by molar-refractivity contribution is 0.0747. The van der Waals surface area contributed by atoms with Crippen LogP contribution in [0.4, 0.5) is 0 Å². The van der Waals surface area contributed by atoms with E-state index in [0.717, 1.165) is 12.1 Å². The summed E-state index contributed by atoms with van der Waals surface area (Å²) in [6, 6.07) is 9.41. The number of nitrogens with zero attached hydrogens (tertiary/aromatic N) is 1. The molecule has 2 aromatic rings. The number of rotatable bonds is 5. The Balaban J connectivity index is 2.08. The Morgan fingerprint density at radius 2 is 1.50 bits per heavy atom. The Morgan fingerprint density at radius 1 is 0.958 bits per heavy atom. The van der Waals surface area contributed by atoms with E-state index in [0.29, 0.717) is 11.1 Å². The molecule has 3 N–H and O–H groups in total. The molecule has 0 aromatic heterocycles. The zero-order chi connectivity index (χ0) is 17.9. The average molecular weight is 325 g/mol. The van der Waals surface area contributed by atoms with Gasteiger partial charge in [0.15, 0.2) is 5.78 Å². The largest absolute Gasteiger partial charge is 0.384 e. The Labute approximate surface area is 138 Å². The Morgan fingerprint density at radius 3 is 2.04 bits per heavy atom. The third kappa shape index (κ3) is 3.70. The third-order valence-electron chi connectivity index (χ3n) is 3.44. The van der Waals surface area contributed by atoms with Gasteiger partial charge in [-0.05, 0) is 24.3 Å². The fourth-order valence-corrected chi connectivity index (χ4v) is 2.07.